The summed E-state index contributed by atoms with van der Waals surface area (Å²) in [7, 11) is 0. The van der Waals surface area contributed by atoms with E-state index in [1.807, 2.05) is 0 Å². The van der Waals surface area contributed by atoms with Gasteiger partial charge in [0.05, 0.1) is 0 Å². The van der Waals surface area contributed by atoms with Crippen molar-refractivity contribution in [3.05, 3.63) is 0 Å². The van der Waals surface area contributed by atoms with Crippen LogP contribution in [0, 0.1) is 5.92 Å². The Hall–Kier alpha value is -0.0800. The van der Waals surface area contributed by atoms with E-state index in [1.54, 1.807) is 0 Å². The summed E-state index contributed by atoms with van der Waals surface area (Å²) in [6.45, 7) is 8.29. The molecule has 1 aliphatic rings. The summed E-state index contributed by atoms with van der Waals surface area (Å²) in [6.07, 6.45) is 16.8. The van der Waals surface area contributed by atoms with Crippen molar-refractivity contribution in [2.24, 2.45) is 11.7 Å². The van der Waals surface area contributed by atoms with E-state index in [2.05, 4.69) is 18.7 Å². The maximum atomic E-state index is 6.05. The van der Waals surface area contributed by atoms with Crippen molar-refractivity contribution in [1.82, 2.24) is 4.90 Å². The minimum atomic E-state index is 0.440. The summed E-state index contributed by atoms with van der Waals surface area (Å²) in [5, 5.41) is 0. The van der Waals surface area contributed by atoms with E-state index in [0.29, 0.717) is 6.04 Å². The van der Waals surface area contributed by atoms with Crippen molar-refractivity contribution in [1.29, 1.82) is 0 Å². The Balaban J connectivity index is 2.20. The Labute approximate surface area is 133 Å². The third-order valence-electron chi connectivity index (χ3n) is 5.01. The minimum Gasteiger partial charge on any atom is -0.326 e. The van der Waals surface area contributed by atoms with Crippen LogP contribution in [0.3, 0.4) is 0 Å². The van der Waals surface area contributed by atoms with Gasteiger partial charge in [0.25, 0.3) is 0 Å². The molecule has 0 amide bonds. The fraction of sp³-hybridized carbons (Fsp3) is 1.00. The van der Waals surface area contributed by atoms with Crippen LogP contribution in [-0.2, 0) is 0 Å². The van der Waals surface area contributed by atoms with Crippen LogP contribution in [0.15, 0.2) is 0 Å². The van der Waals surface area contributed by atoms with E-state index in [9.17, 15) is 0 Å². The monoisotopic (exact) mass is 296 g/mol. The summed E-state index contributed by atoms with van der Waals surface area (Å²) in [6, 6.07) is 0.440. The molecule has 0 aliphatic carbocycles. The molecule has 2 unspecified atom stereocenters. The van der Waals surface area contributed by atoms with Crippen molar-refractivity contribution in [3.8, 4) is 0 Å². The molecule has 0 aromatic rings. The van der Waals surface area contributed by atoms with E-state index in [4.69, 9.17) is 5.73 Å². The highest BCUT2D eigenvalue weighted by Crippen LogP contribution is 2.21. The van der Waals surface area contributed by atoms with Crippen molar-refractivity contribution < 1.29 is 0 Å². The molecule has 126 valence electrons. The lowest BCUT2D eigenvalue weighted by Gasteiger charge is -2.24. The SMILES string of the molecule is CCCCCCCC(CCCCCC)CN1CCC(N)C1. The summed E-state index contributed by atoms with van der Waals surface area (Å²) < 4.78 is 0. The van der Waals surface area contributed by atoms with Crippen LogP contribution in [0.4, 0.5) is 0 Å². The normalized spacial score (nSPS) is 21.0. The number of rotatable bonds is 13. The summed E-state index contributed by atoms with van der Waals surface area (Å²) in [5.74, 6) is 0.925. The largest absolute Gasteiger partial charge is 0.326 e. The van der Waals surface area contributed by atoms with E-state index >= 15 is 0 Å². The van der Waals surface area contributed by atoms with E-state index in [1.165, 1.54) is 90.1 Å². The lowest BCUT2D eigenvalue weighted by atomic mass is 9.94. The Morgan fingerprint density at radius 2 is 1.48 bits per heavy atom. The Bertz CT molecular complexity index is 230. The molecule has 1 saturated heterocycles. The maximum absolute atomic E-state index is 6.05. The first-order valence-electron chi connectivity index (χ1n) is 9.74. The highest BCUT2D eigenvalue weighted by atomic mass is 15.2. The molecule has 1 heterocycles. The number of hydrogen-bond acceptors (Lipinski definition) is 2. The molecule has 1 rings (SSSR count). The zero-order chi connectivity index (χ0) is 15.3. The Morgan fingerprint density at radius 3 is 2.00 bits per heavy atom. The third kappa shape index (κ3) is 9.52. The molecule has 0 aromatic carbocycles. The van der Waals surface area contributed by atoms with Crippen LogP contribution >= 0.6 is 0 Å². The zero-order valence-electron chi connectivity index (χ0n) is 14.8. The topological polar surface area (TPSA) is 29.3 Å². The molecular weight excluding hydrogens is 256 g/mol. The van der Waals surface area contributed by atoms with Gasteiger partial charge in [0, 0.05) is 19.1 Å². The smallest absolute Gasteiger partial charge is 0.0180 e. The second-order valence-corrected chi connectivity index (χ2v) is 7.23. The first kappa shape index (κ1) is 19.0. The fourth-order valence-electron chi connectivity index (χ4n) is 3.62. The molecule has 2 nitrogen and oxygen atoms in total. The summed E-state index contributed by atoms with van der Waals surface area (Å²) in [4.78, 5) is 2.63. The average molecular weight is 297 g/mol. The molecule has 2 atom stereocenters. The van der Waals surface area contributed by atoms with Crippen molar-refractivity contribution in [2.45, 2.75) is 96.9 Å². The molecule has 0 saturated carbocycles. The molecule has 2 heteroatoms. The number of unbranched alkanes of at least 4 members (excludes halogenated alkanes) is 7. The number of hydrogen-bond donors (Lipinski definition) is 1. The summed E-state index contributed by atoms with van der Waals surface area (Å²) >= 11 is 0. The zero-order valence-corrected chi connectivity index (χ0v) is 14.8. The molecule has 2 N–H and O–H groups in total. The predicted molar refractivity (Wildman–Crippen MR) is 94.7 cm³/mol. The van der Waals surface area contributed by atoms with Gasteiger partial charge in [0.2, 0.25) is 0 Å². The number of nitrogens with two attached hydrogens (primary N) is 1. The van der Waals surface area contributed by atoms with Crippen molar-refractivity contribution >= 4 is 0 Å². The third-order valence-corrected chi connectivity index (χ3v) is 5.01. The quantitative estimate of drug-likeness (QED) is 0.486. The Morgan fingerprint density at radius 1 is 0.905 bits per heavy atom. The van der Waals surface area contributed by atoms with Gasteiger partial charge < -0.3 is 10.6 Å². The van der Waals surface area contributed by atoms with Gasteiger partial charge in [-0.25, -0.2) is 0 Å². The second-order valence-electron chi connectivity index (χ2n) is 7.23. The number of likely N-dealkylation sites (tertiary alicyclic amines) is 1. The van der Waals surface area contributed by atoms with Crippen LogP contribution in [-0.4, -0.2) is 30.6 Å². The van der Waals surface area contributed by atoms with Crippen LogP contribution in [0.2, 0.25) is 0 Å². The van der Waals surface area contributed by atoms with Gasteiger partial charge in [-0.2, -0.15) is 0 Å². The molecule has 21 heavy (non-hydrogen) atoms. The number of nitrogens with zero attached hydrogens (tertiary/aromatic N) is 1. The maximum Gasteiger partial charge on any atom is 0.0180 e. The first-order chi connectivity index (χ1) is 10.3. The molecule has 1 fully saturated rings. The molecular formula is C19H40N2. The van der Waals surface area contributed by atoms with Crippen LogP contribution in [0.5, 0.6) is 0 Å². The van der Waals surface area contributed by atoms with Gasteiger partial charge in [0.1, 0.15) is 0 Å². The van der Waals surface area contributed by atoms with Gasteiger partial charge in [-0.15, -0.1) is 0 Å². The highest BCUT2D eigenvalue weighted by Gasteiger charge is 2.21. The van der Waals surface area contributed by atoms with E-state index in [0.717, 1.165) is 12.5 Å². The van der Waals surface area contributed by atoms with Gasteiger partial charge in [-0.05, 0) is 31.7 Å². The van der Waals surface area contributed by atoms with Crippen molar-refractivity contribution in [2.75, 3.05) is 19.6 Å². The van der Waals surface area contributed by atoms with Crippen molar-refractivity contribution in [3.63, 3.8) is 0 Å². The van der Waals surface area contributed by atoms with Crippen LogP contribution in [0.1, 0.15) is 90.9 Å². The second kappa shape index (κ2) is 12.5. The van der Waals surface area contributed by atoms with Gasteiger partial charge in [-0.3, -0.25) is 0 Å². The standard InChI is InChI=1S/C19H40N2/c1-3-5-7-9-11-13-18(12-10-8-6-4-2)16-21-15-14-19(20)17-21/h18-19H,3-17,20H2,1-2H3. The molecule has 0 bridgehead atoms. The van der Waals surface area contributed by atoms with Crippen LogP contribution < -0.4 is 5.73 Å². The Kier molecular flexibility index (Phi) is 11.3. The fourth-order valence-corrected chi connectivity index (χ4v) is 3.62. The van der Waals surface area contributed by atoms with E-state index < -0.39 is 0 Å². The first-order valence-corrected chi connectivity index (χ1v) is 9.74. The summed E-state index contributed by atoms with van der Waals surface area (Å²) in [5.41, 5.74) is 6.05. The van der Waals surface area contributed by atoms with Gasteiger partial charge in [-0.1, -0.05) is 71.6 Å². The molecule has 0 aromatic heterocycles. The van der Waals surface area contributed by atoms with Gasteiger partial charge >= 0.3 is 0 Å². The minimum absolute atomic E-state index is 0.440. The van der Waals surface area contributed by atoms with E-state index in [-0.39, 0.29) is 0 Å². The lowest BCUT2D eigenvalue weighted by Crippen LogP contribution is -2.30. The average Bonchev–Trinajstić information content (AvgIpc) is 2.88. The molecule has 0 spiro atoms. The lowest BCUT2D eigenvalue weighted by molar-refractivity contribution is 0.248. The van der Waals surface area contributed by atoms with Gasteiger partial charge in [0.15, 0.2) is 0 Å². The van der Waals surface area contributed by atoms with Crippen LogP contribution in [0.25, 0.3) is 0 Å². The molecule has 1 aliphatic heterocycles. The highest BCUT2D eigenvalue weighted by molar-refractivity contribution is 4.79. The predicted octanol–water partition coefficient (Wildman–Crippen LogP) is 4.97. The molecule has 0 radical (unpaired) electrons.